The van der Waals surface area contributed by atoms with E-state index in [1.807, 2.05) is 0 Å². The van der Waals surface area contributed by atoms with Crippen molar-refractivity contribution in [3.05, 3.63) is 0 Å². The van der Waals surface area contributed by atoms with Gasteiger partial charge in [0, 0.05) is 46.5 Å². The van der Waals surface area contributed by atoms with Crippen LogP contribution in [0.4, 0.5) is 0 Å². The second-order valence-electron chi connectivity index (χ2n) is 4.52. The quantitative estimate of drug-likeness (QED) is 0.615. The molecule has 2 unspecified atom stereocenters. The Hall–Kier alpha value is -0.200. The fourth-order valence-electron chi connectivity index (χ4n) is 2.05. The maximum absolute atomic E-state index is 5.70. The SMILES string of the molecule is COCCCOCCN1CC(C)OC(CN)C1. The van der Waals surface area contributed by atoms with E-state index in [1.54, 1.807) is 7.11 Å². The van der Waals surface area contributed by atoms with E-state index >= 15 is 0 Å². The maximum Gasteiger partial charge on any atom is 0.0828 e. The summed E-state index contributed by atoms with van der Waals surface area (Å²) in [4.78, 5) is 2.36. The highest BCUT2D eigenvalue weighted by molar-refractivity contribution is 4.75. The lowest BCUT2D eigenvalue weighted by atomic mass is 10.2. The molecule has 17 heavy (non-hydrogen) atoms. The third-order valence-electron chi connectivity index (χ3n) is 2.85. The topological polar surface area (TPSA) is 57.0 Å². The van der Waals surface area contributed by atoms with Gasteiger partial charge in [-0.1, -0.05) is 0 Å². The van der Waals surface area contributed by atoms with Crippen LogP contribution in [0, 0.1) is 0 Å². The van der Waals surface area contributed by atoms with E-state index in [-0.39, 0.29) is 12.2 Å². The van der Waals surface area contributed by atoms with E-state index < -0.39 is 0 Å². The molecule has 0 aromatic rings. The van der Waals surface area contributed by atoms with Gasteiger partial charge in [0.25, 0.3) is 0 Å². The van der Waals surface area contributed by atoms with Gasteiger partial charge in [-0.05, 0) is 13.3 Å². The highest BCUT2D eigenvalue weighted by atomic mass is 16.5. The van der Waals surface area contributed by atoms with Gasteiger partial charge in [0.1, 0.15) is 0 Å². The molecule has 0 aromatic heterocycles. The van der Waals surface area contributed by atoms with Crippen LogP contribution in [0.5, 0.6) is 0 Å². The lowest BCUT2D eigenvalue weighted by Crippen LogP contribution is -2.50. The van der Waals surface area contributed by atoms with Crippen molar-refractivity contribution >= 4 is 0 Å². The van der Waals surface area contributed by atoms with Crippen molar-refractivity contribution in [3.8, 4) is 0 Å². The number of hydrogen-bond acceptors (Lipinski definition) is 5. The smallest absolute Gasteiger partial charge is 0.0828 e. The van der Waals surface area contributed by atoms with Crippen molar-refractivity contribution in [3.63, 3.8) is 0 Å². The predicted molar refractivity (Wildman–Crippen MR) is 67.1 cm³/mol. The second kappa shape index (κ2) is 8.83. The number of hydrogen-bond donors (Lipinski definition) is 1. The molecular weight excluding hydrogens is 220 g/mol. The van der Waals surface area contributed by atoms with Crippen LogP contribution >= 0.6 is 0 Å². The highest BCUT2D eigenvalue weighted by Gasteiger charge is 2.23. The summed E-state index contributed by atoms with van der Waals surface area (Å²) in [6.07, 6.45) is 1.40. The molecule has 1 rings (SSSR count). The number of nitrogens with zero attached hydrogens (tertiary/aromatic N) is 1. The number of morpholine rings is 1. The Bertz CT molecular complexity index is 193. The number of ether oxygens (including phenoxy) is 3. The van der Waals surface area contributed by atoms with Crippen molar-refractivity contribution in [2.45, 2.75) is 25.6 Å². The summed E-state index contributed by atoms with van der Waals surface area (Å²) in [6.45, 7) is 7.84. The summed E-state index contributed by atoms with van der Waals surface area (Å²) in [6, 6.07) is 0. The number of rotatable bonds is 8. The van der Waals surface area contributed by atoms with Gasteiger partial charge in [-0.2, -0.15) is 0 Å². The minimum atomic E-state index is 0.173. The fourth-order valence-corrected chi connectivity index (χ4v) is 2.05. The normalized spacial score (nSPS) is 26.3. The molecule has 0 aliphatic carbocycles. The molecule has 102 valence electrons. The highest BCUT2D eigenvalue weighted by Crippen LogP contribution is 2.09. The molecule has 1 aliphatic heterocycles. The van der Waals surface area contributed by atoms with Gasteiger partial charge in [-0.3, -0.25) is 4.90 Å². The summed E-state index contributed by atoms with van der Waals surface area (Å²) in [5, 5.41) is 0. The van der Waals surface area contributed by atoms with E-state index in [0.29, 0.717) is 6.54 Å². The van der Waals surface area contributed by atoms with Crippen molar-refractivity contribution in [2.24, 2.45) is 5.73 Å². The van der Waals surface area contributed by atoms with E-state index in [9.17, 15) is 0 Å². The summed E-state index contributed by atoms with van der Waals surface area (Å²) in [5.74, 6) is 0. The van der Waals surface area contributed by atoms with Gasteiger partial charge in [0.15, 0.2) is 0 Å². The van der Waals surface area contributed by atoms with Gasteiger partial charge in [0.05, 0.1) is 18.8 Å². The van der Waals surface area contributed by atoms with Crippen LogP contribution in [0.15, 0.2) is 0 Å². The van der Waals surface area contributed by atoms with Crippen LogP contribution in [-0.2, 0) is 14.2 Å². The minimum absolute atomic E-state index is 0.173. The molecule has 1 fully saturated rings. The Kier molecular flexibility index (Phi) is 7.72. The van der Waals surface area contributed by atoms with Crippen LogP contribution in [0.3, 0.4) is 0 Å². The number of nitrogens with two attached hydrogens (primary N) is 1. The molecule has 1 heterocycles. The van der Waals surface area contributed by atoms with Gasteiger partial charge < -0.3 is 19.9 Å². The monoisotopic (exact) mass is 246 g/mol. The van der Waals surface area contributed by atoms with Crippen LogP contribution in [0.2, 0.25) is 0 Å². The second-order valence-corrected chi connectivity index (χ2v) is 4.52. The largest absolute Gasteiger partial charge is 0.385 e. The van der Waals surface area contributed by atoms with Crippen molar-refractivity contribution in [2.75, 3.05) is 53.1 Å². The first-order valence-corrected chi connectivity index (χ1v) is 6.40. The molecule has 5 heteroatoms. The Morgan fingerprint density at radius 3 is 2.82 bits per heavy atom. The molecule has 1 saturated heterocycles. The predicted octanol–water partition coefficient (Wildman–Crippen LogP) is 0.0875. The molecule has 2 atom stereocenters. The first-order valence-electron chi connectivity index (χ1n) is 6.40. The molecule has 0 aromatic carbocycles. The fraction of sp³-hybridized carbons (Fsp3) is 1.00. The molecule has 0 radical (unpaired) electrons. The average Bonchev–Trinajstić information content (AvgIpc) is 2.33. The van der Waals surface area contributed by atoms with Crippen LogP contribution in [-0.4, -0.2) is 70.2 Å². The first kappa shape index (κ1) is 14.9. The van der Waals surface area contributed by atoms with E-state index in [0.717, 1.165) is 45.9 Å². The van der Waals surface area contributed by atoms with Gasteiger partial charge >= 0.3 is 0 Å². The summed E-state index contributed by atoms with van der Waals surface area (Å²) in [5.41, 5.74) is 5.64. The summed E-state index contributed by atoms with van der Waals surface area (Å²) in [7, 11) is 1.71. The molecule has 5 nitrogen and oxygen atoms in total. The molecule has 0 bridgehead atoms. The number of methoxy groups -OCH3 is 1. The lowest BCUT2D eigenvalue weighted by Gasteiger charge is -2.36. The Balaban J connectivity index is 2.05. The first-order chi connectivity index (χ1) is 8.26. The molecule has 1 aliphatic rings. The van der Waals surface area contributed by atoms with Crippen molar-refractivity contribution < 1.29 is 14.2 Å². The third kappa shape index (κ3) is 6.33. The average molecular weight is 246 g/mol. The molecule has 2 N–H and O–H groups in total. The molecule has 0 amide bonds. The van der Waals surface area contributed by atoms with Gasteiger partial charge in [-0.15, -0.1) is 0 Å². The Morgan fingerprint density at radius 1 is 1.29 bits per heavy atom. The van der Waals surface area contributed by atoms with Crippen LogP contribution < -0.4 is 5.73 Å². The standard InChI is InChI=1S/C12H26N2O3/c1-11-9-14(10-12(8-13)17-11)4-7-16-6-3-5-15-2/h11-12H,3-10,13H2,1-2H3. The molecule has 0 spiro atoms. The van der Waals surface area contributed by atoms with Gasteiger partial charge in [0.2, 0.25) is 0 Å². The zero-order chi connectivity index (χ0) is 12.5. The van der Waals surface area contributed by atoms with Crippen LogP contribution in [0.1, 0.15) is 13.3 Å². The molecular formula is C12H26N2O3. The summed E-state index contributed by atoms with van der Waals surface area (Å²) < 4.78 is 16.2. The van der Waals surface area contributed by atoms with Gasteiger partial charge in [-0.25, -0.2) is 0 Å². The van der Waals surface area contributed by atoms with Crippen molar-refractivity contribution in [1.29, 1.82) is 0 Å². The summed E-state index contributed by atoms with van der Waals surface area (Å²) >= 11 is 0. The van der Waals surface area contributed by atoms with Crippen molar-refractivity contribution in [1.82, 2.24) is 4.90 Å². The lowest BCUT2D eigenvalue weighted by molar-refractivity contribution is -0.0770. The zero-order valence-corrected chi connectivity index (χ0v) is 11.1. The minimum Gasteiger partial charge on any atom is -0.385 e. The Labute approximate surface area is 104 Å². The zero-order valence-electron chi connectivity index (χ0n) is 11.1. The molecule has 0 saturated carbocycles. The third-order valence-corrected chi connectivity index (χ3v) is 2.85. The van der Waals surface area contributed by atoms with E-state index in [1.165, 1.54) is 0 Å². The Morgan fingerprint density at radius 2 is 2.12 bits per heavy atom. The maximum atomic E-state index is 5.70. The van der Waals surface area contributed by atoms with E-state index in [2.05, 4.69) is 11.8 Å². The van der Waals surface area contributed by atoms with E-state index in [4.69, 9.17) is 19.9 Å². The van der Waals surface area contributed by atoms with Crippen LogP contribution in [0.25, 0.3) is 0 Å².